The van der Waals surface area contributed by atoms with Crippen molar-refractivity contribution in [2.24, 2.45) is 17.3 Å². The predicted molar refractivity (Wildman–Crippen MR) is 88.1 cm³/mol. The summed E-state index contributed by atoms with van der Waals surface area (Å²) in [7, 11) is 0. The van der Waals surface area contributed by atoms with Crippen LogP contribution in [0.1, 0.15) is 60.3 Å². The Labute approximate surface area is 130 Å². The molecule has 0 aromatic rings. The lowest BCUT2D eigenvalue weighted by atomic mass is 9.65. The van der Waals surface area contributed by atoms with Crippen LogP contribution in [0.5, 0.6) is 0 Å². The van der Waals surface area contributed by atoms with E-state index in [1.807, 2.05) is 13.8 Å². The molecule has 1 amide bonds. The van der Waals surface area contributed by atoms with Crippen molar-refractivity contribution >= 4 is 5.91 Å². The second-order valence-corrected chi connectivity index (χ2v) is 7.53. The molecule has 0 spiro atoms. The highest BCUT2D eigenvalue weighted by molar-refractivity contribution is 5.79. The fourth-order valence-corrected chi connectivity index (χ4v) is 3.19. The molecular weight excluding hydrogens is 262 g/mol. The number of allylic oxidation sites excluding steroid dienone is 1. The smallest absolute Gasteiger partial charge is 0.223 e. The maximum absolute atomic E-state index is 12.5. The van der Waals surface area contributed by atoms with Crippen LogP contribution in [-0.2, 0) is 9.53 Å². The van der Waals surface area contributed by atoms with Crippen molar-refractivity contribution in [1.29, 1.82) is 0 Å². The number of carbonyl (C=O) groups is 1. The topological polar surface area (TPSA) is 38.3 Å². The van der Waals surface area contributed by atoms with Gasteiger partial charge in [-0.1, -0.05) is 26.0 Å². The van der Waals surface area contributed by atoms with Gasteiger partial charge < -0.3 is 10.1 Å². The third-order valence-electron chi connectivity index (χ3n) is 4.43. The van der Waals surface area contributed by atoms with Gasteiger partial charge in [0.05, 0.1) is 6.10 Å². The molecule has 0 saturated heterocycles. The summed E-state index contributed by atoms with van der Waals surface area (Å²) in [5.41, 5.74) is 1.41. The van der Waals surface area contributed by atoms with Crippen LogP contribution < -0.4 is 5.32 Å². The highest BCUT2D eigenvalue weighted by atomic mass is 16.5. The number of hydrogen-bond acceptors (Lipinski definition) is 2. The molecule has 1 rings (SSSR count). The van der Waals surface area contributed by atoms with Gasteiger partial charge in [-0.25, -0.2) is 0 Å². The van der Waals surface area contributed by atoms with Crippen molar-refractivity contribution < 1.29 is 9.53 Å². The van der Waals surface area contributed by atoms with Crippen LogP contribution >= 0.6 is 0 Å². The van der Waals surface area contributed by atoms with Gasteiger partial charge in [0.1, 0.15) is 0 Å². The van der Waals surface area contributed by atoms with Gasteiger partial charge in [0.2, 0.25) is 5.91 Å². The summed E-state index contributed by atoms with van der Waals surface area (Å²) in [4.78, 5) is 12.5. The van der Waals surface area contributed by atoms with E-state index in [0.717, 1.165) is 24.8 Å². The molecule has 2 unspecified atom stereocenters. The summed E-state index contributed by atoms with van der Waals surface area (Å²) in [6.45, 7) is 16.1. The summed E-state index contributed by atoms with van der Waals surface area (Å²) in [5, 5.41) is 3.09. The van der Waals surface area contributed by atoms with Crippen LogP contribution in [0.4, 0.5) is 0 Å². The van der Waals surface area contributed by atoms with Gasteiger partial charge in [0, 0.05) is 19.1 Å². The average Bonchev–Trinajstić information content (AvgIpc) is 2.36. The first-order valence-corrected chi connectivity index (χ1v) is 8.27. The highest BCUT2D eigenvalue weighted by Crippen LogP contribution is 2.44. The van der Waals surface area contributed by atoms with E-state index < -0.39 is 0 Å². The summed E-state index contributed by atoms with van der Waals surface area (Å²) in [5.74, 6) is 0.613. The Hall–Kier alpha value is -0.830. The molecule has 1 fully saturated rings. The molecule has 122 valence electrons. The molecule has 0 bridgehead atoms. The molecule has 3 nitrogen and oxygen atoms in total. The molecule has 1 aliphatic carbocycles. The maximum atomic E-state index is 12.5. The first kappa shape index (κ1) is 18.2. The normalized spacial score (nSPS) is 24.9. The lowest BCUT2D eigenvalue weighted by Gasteiger charge is -2.40. The van der Waals surface area contributed by atoms with Crippen molar-refractivity contribution in [3.63, 3.8) is 0 Å². The number of carbonyl (C=O) groups excluding carboxylic acids is 1. The lowest BCUT2D eigenvalue weighted by molar-refractivity contribution is -0.128. The van der Waals surface area contributed by atoms with E-state index in [1.165, 1.54) is 6.42 Å². The highest BCUT2D eigenvalue weighted by Gasteiger charge is 2.38. The number of hydrogen-bond donors (Lipinski definition) is 1. The van der Waals surface area contributed by atoms with E-state index in [2.05, 4.69) is 32.7 Å². The molecule has 2 atom stereocenters. The van der Waals surface area contributed by atoms with Crippen LogP contribution in [0, 0.1) is 17.3 Å². The van der Waals surface area contributed by atoms with Crippen LogP contribution in [0.15, 0.2) is 12.2 Å². The van der Waals surface area contributed by atoms with E-state index in [9.17, 15) is 4.79 Å². The summed E-state index contributed by atoms with van der Waals surface area (Å²) in [6.07, 6.45) is 4.34. The number of amides is 1. The summed E-state index contributed by atoms with van der Waals surface area (Å²) in [6, 6.07) is 0. The molecule has 0 aliphatic heterocycles. The first-order chi connectivity index (χ1) is 9.73. The van der Waals surface area contributed by atoms with Crippen molar-refractivity contribution in [2.45, 2.75) is 66.4 Å². The Morgan fingerprint density at radius 1 is 1.38 bits per heavy atom. The van der Waals surface area contributed by atoms with Gasteiger partial charge in [-0.15, -0.1) is 0 Å². The molecule has 1 N–H and O–H groups in total. The zero-order chi connectivity index (χ0) is 16.0. The Kier molecular flexibility index (Phi) is 6.92. The quantitative estimate of drug-likeness (QED) is 0.571. The zero-order valence-electron chi connectivity index (χ0n) is 14.5. The third-order valence-corrected chi connectivity index (χ3v) is 4.43. The lowest BCUT2D eigenvalue weighted by Crippen LogP contribution is -2.41. The first-order valence-electron chi connectivity index (χ1n) is 8.27. The second-order valence-electron chi connectivity index (χ2n) is 7.53. The molecule has 0 aromatic heterocycles. The van der Waals surface area contributed by atoms with Crippen molar-refractivity contribution in [1.82, 2.24) is 5.32 Å². The van der Waals surface area contributed by atoms with Crippen LogP contribution in [0.25, 0.3) is 0 Å². The monoisotopic (exact) mass is 295 g/mol. The van der Waals surface area contributed by atoms with Gasteiger partial charge in [0.15, 0.2) is 0 Å². The minimum absolute atomic E-state index is 0.0808. The molecular formula is C18H33NO2. The van der Waals surface area contributed by atoms with E-state index >= 15 is 0 Å². The number of nitrogens with one attached hydrogen (secondary N) is 1. The van der Waals surface area contributed by atoms with Gasteiger partial charge in [0.25, 0.3) is 0 Å². The fourth-order valence-electron chi connectivity index (χ4n) is 3.19. The maximum Gasteiger partial charge on any atom is 0.223 e. The molecule has 0 aromatic carbocycles. The minimum atomic E-state index is 0.0808. The van der Waals surface area contributed by atoms with Crippen molar-refractivity contribution in [2.75, 3.05) is 13.2 Å². The average molecular weight is 295 g/mol. The second kappa shape index (κ2) is 7.98. The van der Waals surface area contributed by atoms with Gasteiger partial charge in [-0.2, -0.15) is 0 Å². The molecule has 1 saturated carbocycles. The zero-order valence-corrected chi connectivity index (χ0v) is 14.5. The van der Waals surface area contributed by atoms with E-state index in [1.54, 1.807) is 0 Å². The minimum Gasteiger partial charge on any atom is -0.379 e. The van der Waals surface area contributed by atoms with Gasteiger partial charge in [-0.05, 0) is 57.8 Å². The number of ether oxygens (including phenoxy) is 1. The Morgan fingerprint density at radius 3 is 2.62 bits per heavy atom. The summed E-state index contributed by atoms with van der Waals surface area (Å²) < 4.78 is 5.50. The van der Waals surface area contributed by atoms with E-state index in [4.69, 9.17) is 4.74 Å². The van der Waals surface area contributed by atoms with Crippen LogP contribution in [0.3, 0.4) is 0 Å². The number of rotatable bonds is 7. The van der Waals surface area contributed by atoms with E-state index in [-0.39, 0.29) is 23.3 Å². The molecule has 0 radical (unpaired) electrons. The largest absolute Gasteiger partial charge is 0.379 e. The van der Waals surface area contributed by atoms with Crippen molar-refractivity contribution in [3.05, 3.63) is 12.2 Å². The fraction of sp³-hybridized carbons (Fsp3) is 0.833. The molecule has 21 heavy (non-hydrogen) atoms. The van der Waals surface area contributed by atoms with Crippen molar-refractivity contribution in [3.8, 4) is 0 Å². The Bertz CT molecular complexity index is 360. The van der Waals surface area contributed by atoms with Crippen LogP contribution in [-0.4, -0.2) is 25.2 Å². The molecule has 0 heterocycles. The standard InChI is InChI=1S/C18H33NO2/c1-13(2)15-8-9-18(5,6)12-16(15)17(20)19-10-7-11-21-14(3)4/h14-16H,1,7-12H2,2-6H3,(H,19,20). The van der Waals surface area contributed by atoms with Gasteiger partial charge in [-0.3, -0.25) is 4.79 Å². The Morgan fingerprint density at radius 2 is 2.05 bits per heavy atom. The summed E-state index contributed by atoms with van der Waals surface area (Å²) >= 11 is 0. The molecule has 3 heteroatoms. The molecule has 1 aliphatic rings. The SMILES string of the molecule is C=C(C)C1CCC(C)(C)CC1C(=O)NCCCOC(C)C. The third kappa shape index (κ3) is 6.21. The van der Waals surface area contributed by atoms with Gasteiger partial charge >= 0.3 is 0 Å². The predicted octanol–water partition coefficient (Wildman–Crippen LogP) is 3.94. The Balaban J connectivity index is 2.46. The van der Waals surface area contributed by atoms with Crippen LogP contribution in [0.2, 0.25) is 0 Å². The van der Waals surface area contributed by atoms with E-state index in [0.29, 0.717) is 19.1 Å².